The van der Waals surface area contributed by atoms with Crippen LogP contribution in [0.15, 0.2) is 18.2 Å². The lowest BCUT2D eigenvalue weighted by Gasteiger charge is -2.38. The smallest absolute Gasteiger partial charge is 0.404 e. The number of hydrogen-bond donors (Lipinski definition) is 4. The van der Waals surface area contributed by atoms with Gasteiger partial charge in [-0.05, 0) is 70.0 Å². The number of carbonyl (C=O) groups is 2. The van der Waals surface area contributed by atoms with Crippen LogP contribution < -0.4 is 16.0 Å². The normalized spacial score (nSPS) is 20.5. The van der Waals surface area contributed by atoms with E-state index in [1.54, 1.807) is 0 Å². The van der Waals surface area contributed by atoms with Gasteiger partial charge in [-0.15, -0.1) is 0 Å². The van der Waals surface area contributed by atoms with Gasteiger partial charge >= 0.3 is 12.1 Å². The standard InChI is InChI=1S/C27H44N4O5/c1-19-6-7-20(2)24(15-19)25(36-14-10-29-27(33)34)22-5-4-11-31(18-22)26(32)30-23(17-28-3)16-21-8-12-35-13-9-21/h6-7,15,21-23,25,28-29H,4-5,8-14,16-18H2,1-3H3,(H,30,32)(H,33,34)/t22-,23+,25?/m1/s1. The van der Waals surface area contributed by atoms with Gasteiger partial charge in [-0.2, -0.15) is 0 Å². The minimum atomic E-state index is -1.06. The molecule has 0 bridgehead atoms. The summed E-state index contributed by atoms with van der Waals surface area (Å²) in [6.45, 7) is 8.34. The zero-order valence-electron chi connectivity index (χ0n) is 22.1. The third kappa shape index (κ3) is 8.64. The van der Waals surface area contributed by atoms with Gasteiger partial charge in [-0.3, -0.25) is 0 Å². The Morgan fingerprint density at radius 1 is 1.22 bits per heavy atom. The number of rotatable bonds is 11. The van der Waals surface area contributed by atoms with Gasteiger partial charge in [0.05, 0.1) is 12.7 Å². The van der Waals surface area contributed by atoms with Gasteiger partial charge in [0.2, 0.25) is 0 Å². The molecule has 0 radical (unpaired) electrons. The number of ether oxygens (including phenoxy) is 2. The lowest BCUT2D eigenvalue weighted by Crippen LogP contribution is -2.52. The number of nitrogens with one attached hydrogen (secondary N) is 3. The average Bonchev–Trinajstić information content (AvgIpc) is 2.86. The minimum absolute atomic E-state index is 0.0146. The molecule has 1 aromatic rings. The fraction of sp³-hybridized carbons (Fsp3) is 0.704. The van der Waals surface area contributed by atoms with Crippen molar-refractivity contribution in [3.8, 4) is 0 Å². The molecule has 202 valence electrons. The third-order valence-corrected chi connectivity index (χ3v) is 7.33. The Kier molecular flexibility index (Phi) is 11.3. The van der Waals surface area contributed by atoms with Gasteiger partial charge in [-0.25, -0.2) is 9.59 Å². The van der Waals surface area contributed by atoms with Crippen LogP contribution in [0.5, 0.6) is 0 Å². The second-order valence-corrected chi connectivity index (χ2v) is 10.2. The summed E-state index contributed by atoms with van der Waals surface area (Å²) >= 11 is 0. The third-order valence-electron chi connectivity index (χ3n) is 7.33. The molecule has 2 fully saturated rings. The van der Waals surface area contributed by atoms with E-state index in [4.69, 9.17) is 14.6 Å². The minimum Gasteiger partial charge on any atom is -0.465 e. The molecule has 9 nitrogen and oxygen atoms in total. The summed E-state index contributed by atoms with van der Waals surface area (Å²) in [6, 6.07) is 6.41. The molecule has 0 aromatic heterocycles. The molecule has 3 atom stereocenters. The van der Waals surface area contributed by atoms with Crippen LogP contribution in [-0.4, -0.2) is 81.2 Å². The fourth-order valence-electron chi connectivity index (χ4n) is 5.42. The molecule has 4 N–H and O–H groups in total. The number of carbonyl (C=O) groups excluding carboxylic acids is 1. The van der Waals surface area contributed by atoms with Crippen LogP contribution in [0, 0.1) is 25.7 Å². The van der Waals surface area contributed by atoms with Crippen molar-refractivity contribution < 1.29 is 24.2 Å². The van der Waals surface area contributed by atoms with E-state index in [1.165, 1.54) is 0 Å². The quantitative estimate of drug-likeness (QED) is 0.344. The number of aryl methyl sites for hydroxylation is 2. The summed E-state index contributed by atoms with van der Waals surface area (Å²) in [5.74, 6) is 0.709. The van der Waals surface area contributed by atoms with Crippen LogP contribution in [0.1, 0.15) is 54.9 Å². The van der Waals surface area contributed by atoms with Gasteiger partial charge in [0.15, 0.2) is 0 Å². The number of hydrogen-bond acceptors (Lipinski definition) is 5. The van der Waals surface area contributed by atoms with Gasteiger partial charge in [0.1, 0.15) is 0 Å². The molecule has 9 heteroatoms. The Balaban J connectivity index is 1.66. The molecule has 1 unspecified atom stereocenters. The Bertz CT molecular complexity index is 845. The van der Waals surface area contributed by atoms with Gasteiger partial charge in [0, 0.05) is 51.4 Å². The number of urea groups is 1. The molecule has 3 rings (SSSR count). The van der Waals surface area contributed by atoms with Crippen molar-refractivity contribution >= 4 is 12.1 Å². The zero-order chi connectivity index (χ0) is 25.9. The maximum atomic E-state index is 13.3. The van der Waals surface area contributed by atoms with E-state index < -0.39 is 6.09 Å². The molecule has 0 spiro atoms. The first-order valence-corrected chi connectivity index (χ1v) is 13.3. The molecule has 0 saturated carbocycles. The van der Waals surface area contributed by atoms with Crippen LogP contribution in [0.2, 0.25) is 0 Å². The highest BCUT2D eigenvalue weighted by Crippen LogP contribution is 2.35. The summed E-state index contributed by atoms with van der Waals surface area (Å²) in [4.78, 5) is 26.1. The maximum Gasteiger partial charge on any atom is 0.404 e. The number of benzene rings is 1. The first kappa shape index (κ1) is 28.2. The van der Waals surface area contributed by atoms with E-state index >= 15 is 0 Å². The summed E-state index contributed by atoms with van der Waals surface area (Å²) in [7, 11) is 1.92. The maximum absolute atomic E-state index is 13.3. The molecule has 36 heavy (non-hydrogen) atoms. The van der Waals surface area contributed by atoms with Crippen LogP contribution in [0.4, 0.5) is 9.59 Å². The Morgan fingerprint density at radius 3 is 2.72 bits per heavy atom. The SMILES string of the molecule is CNC[C@H](CC1CCOCC1)NC(=O)N1CCC[C@@H](C(OCCNC(=O)O)c2cc(C)ccc2C)C1. The van der Waals surface area contributed by atoms with Crippen molar-refractivity contribution in [1.82, 2.24) is 20.9 Å². The predicted molar refractivity (Wildman–Crippen MR) is 139 cm³/mol. The van der Waals surface area contributed by atoms with E-state index in [9.17, 15) is 9.59 Å². The topological polar surface area (TPSA) is 112 Å². The van der Waals surface area contributed by atoms with E-state index in [1.807, 2.05) is 11.9 Å². The largest absolute Gasteiger partial charge is 0.465 e. The molecule has 0 aliphatic carbocycles. The molecule has 1 aromatic carbocycles. The number of likely N-dealkylation sites (tertiary alicyclic amines) is 1. The van der Waals surface area contributed by atoms with Gasteiger partial charge in [-0.1, -0.05) is 23.8 Å². The molecule has 2 heterocycles. The molecule has 2 aliphatic heterocycles. The summed E-state index contributed by atoms with van der Waals surface area (Å²) in [5, 5.41) is 17.8. The molecule has 3 amide bonds. The Labute approximate surface area is 215 Å². The van der Waals surface area contributed by atoms with Crippen molar-refractivity contribution in [2.45, 2.75) is 58.1 Å². The van der Waals surface area contributed by atoms with E-state index in [-0.39, 0.29) is 37.2 Å². The molecular formula is C27H44N4O5. The van der Waals surface area contributed by atoms with Crippen LogP contribution >= 0.6 is 0 Å². The second kappa shape index (κ2) is 14.4. The second-order valence-electron chi connectivity index (χ2n) is 10.2. The van der Waals surface area contributed by atoms with Crippen molar-refractivity contribution in [3.05, 3.63) is 34.9 Å². The summed E-state index contributed by atoms with van der Waals surface area (Å²) in [6.07, 6.45) is 3.66. The highest BCUT2D eigenvalue weighted by Gasteiger charge is 2.33. The van der Waals surface area contributed by atoms with Crippen LogP contribution in [0.3, 0.4) is 0 Å². The summed E-state index contributed by atoms with van der Waals surface area (Å²) < 4.78 is 11.8. The molecule has 2 aliphatic rings. The van der Waals surface area contributed by atoms with E-state index in [0.29, 0.717) is 12.5 Å². The lowest BCUT2D eigenvalue weighted by atomic mass is 9.86. The molecule has 2 saturated heterocycles. The highest BCUT2D eigenvalue weighted by molar-refractivity contribution is 5.74. The Hall–Kier alpha value is -2.36. The lowest BCUT2D eigenvalue weighted by molar-refractivity contribution is -0.00892. The predicted octanol–water partition coefficient (Wildman–Crippen LogP) is 3.46. The number of carboxylic acid groups (broad SMARTS) is 1. The highest BCUT2D eigenvalue weighted by atomic mass is 16.5. The van der Waals surface area contributed by atoms with Crippen molar-refractivity contribution in [3.63, 3.8) is 0 Å². The molecular weight excluding hydrogens is 460 g/mol. The number of nitrogens with zero attached hydrogens (tertiary/aromatic N) is 1. The summed E-state index contributed by atoms with van der Waals surface area (Å²) in [5.41, 5.74) is 3.41. The van der Waals surface area contributed by atoms with Crippen molar-refractivity contribution in [1.29, 1.82) is 0 Å². The number of likely N-dealkylation sites (N-methyl/N-ethyl adjacent to an activating group) is 1. The van der Waals surface area contributed by atoms with E-state index in [2.05, 4.69) is 48.0 Å². The monoisotopic (exact) mass is 504 g/mol. The Morgan fingerprint density at radius 2 is 2.00 bits per heavy atom. The van der Waals surface area contributed by atoms with Crippen LogP contribution in [-0.2, 0) is 9.47 Å². The fourth-order valence-corrected chi connectivity index (χ4v) is 5.42. The van der Waals surface area contributed by atoms with Crippen LogP contribution in [0.25, 0.3) is 0 Å². The van der Waals surface area contributed by atoms with Crippen molar-refractivity contribution in [2.75, 3.05) is 53.0 Å². The van der Waals surface area contributed by atoms with E-state index in [0.717, 1.165) is 75.1 Å². The number of piperidine rings is 1. The van der Waals surface area contributed by atoms with Crippen molar-refractivity contribution in [2.24, 2.45) is 11.8 Å². The first-order valence-electron chi connectivity index (χ1n) is 13.3. The zero-order valence-corrected chi connectivity index (χ0v) is 22.1. The van der Waals surface area contributed by atoms with Gasteiger partial charge in [0.25, 0.3) is 0 Å². The average molecular weight is 505 g/mol. The number of amides is 3. The van der Waals surface area contributed by atoms with Gasteiger partial charge < -0.3 is 35.4 Å². The first-order chi connectivity index (χ1) is 17.4.